The minimum atomic E-state index is -0.253. The summed E-state index contributed by atoms with van der Waals surface area (Å²) in [6.07, 6.45) is 8.25. The van der Waals surface area contributed by atoms with E-state index in [2.05, 4.69) is 47.9 Å². The molecule has 9 heteroatoms. The Hall–Kier alpha value is -2.34. The van der Waals surface area contributed by atoms with E-state index in [1.807, 2.05) is 26.0 Å². The average Bonchev–Trinajstić information content (AvgIpc) is 2.77. The van der Waals surface area contributed by atoms with Crippen LogP contribution < -0.4 is 15.0 Å². The van der Waals surface area contributed by atoms with Crippen LogP contribution in [0, 0.1) is 12.3 Å². The minimum absolute atomic E-state index is 0.0494. The van der Waals surface area contributed by atoms with Gasteiger partial charge in [0.15, 0.2) is 11.5 Å². The molecule has 0 amide bonds. The summed E-state index contributed by atoms with van der Waals surface area (Å²) in [5, 5.41) is 5.23. The summed E-state index contributed by atoms with van der Waals surface area (Å²) in [5.41, 5.74) is 0.985. The Kier molecular flexibility index (Phi) is 8.35. The Morgan fingerprint density at radius 1 is 1.28 bits per heavy atom. The lowest BCUT2D eigenvalue weighted by Gasteiger charge is -2.15. The standard InChI is InChI=1S/C23H20Br2ClN3O3/c1-4-7-19-28-17-9-8-15(24)12-16(17)23(30)29(19)27-13-14-11-18(31-6-3)22(32-10-5-2)21(26)20(14)25/h2,8-9,11-13H,4,6-7,10H2,1,3H3. The molecule has 0 atom stereocenters. The number of halogens is 3. The first-order valence-electron chi connectivity index (χ1n) is 9.87. The Balaban J connectivity index is 2.14. The van der Waals surface area contributed by atoms with Crippen molar-refractivity contribution in [3.63, 3.8) is 0 Å². The monoisotopic (exact) mass is 579 g/mol. The van der Waals surface area contributed by atoms with E-state index in [9.17, 15) is 4.79 Å². The van der Waals surface area contributed by atoms with Gasteiger partial charge in [0.05, 0.1) is 23.7 Å². The molecule has 6 nitrogen and oxygen atoms in total. The molecule has 3 aromatic rings. The molecule has 0 fully saturated rings. The second-order valence-corrected chi connectivity index (χ2v) is 8.73. The SMILES string of the molecule is C#CCOc1c(OCC)cc(C=Nn2c(CCC)nc3ccc(Br)cc3c2=O)c(Br)c1Cl. The number of fused-ring (bicyclic) bond motifs is 1. The summed E-state index contributed by atoms with van der Waals surface area (Å²) in [7, 11) is 0. The summed E-state index contributed by atoms with van der Waals surface area (Å²) in [6, 6.07) is 7.14. The number of aromatic nitrogens is 2. The molecule has 0 spiro atoms. The number of benzene rings is 2. The van der Waals surface area contributed by atoms with E-state index in [1.54, 1.807) is 12.1 Å². The van der Waals surface area contributed by atoms with Gasteiger partial charge >= 0.3 is 0 Å². The molecule has 0 aliphatic carbocycles. The Morgan fingerprint density at radius 3 is 2.75 bits per heavy atom. The zero-order valence-corrected chi connectivity index (χ0v) is 21.4. The third-order valence-corrected chi connectivity index (χ3v) is 6.35. The topological polar surface area (TPSA) is 65.7 Å². The highest BCUT2D eigenvalue weighted by atomic mass is 79.9. The first-order valence-corrected chi connectivity index (χ1v) is 11.8. The van der Waals surface area contributed by atoms with Crippen LogP contribution in [0.5, 0.6) is 11.5 Å². The summed E-state index contributed by atoms with van der Waals surface area (Å²) in [4.78, 5) is 17.8. The lowest BCUT2D eigenvalue weighted by Crippen LogP contribution is -2.22. The molecule has 3 rings (SSSR count). The summed E-state index contributed by atoms with van der Waals surface area (Å²) < 4.78 is 13.9. The third-order valence-electron chi connectivity index (χ3n) is 4.42. The number of aryl methyl sites for hydroxylation is 1. The van der Waals surface area contributed by atoms with Gasteiger partial charge in [-0.3, -0.25) is 4.79 Å². The molecule has 0 aliphatic rings. The van der Waals surface area contributed by atoms with Gasteiger partial charge in [0, 0.05) is 20.9 Å². The van der Waals surface area contributed by atoms with Crippen LogP contribution in [0.3, 0.4) is 0 Å². The van der Waals surface area contributed by atoms with Crippen molar-refractivity contribution >= 4 is 60.6 Å². The first kappa shape index (κ1) is 24.3. The third kappa shape index (κ3) is 5.17. The van der Waals surface area contributed by atoms with Gasteiger partial charge in [0.1, 0.15) is 17.5 Å². The zero-order chi connectivity index (χ0) is 23.3. The van der Waals surface area contributed by atoms with Gasteiger partial charge in [0.25, 0.3) is 5.56 Å². The number of terminal acetylenes is 1. The van der Waals surface area contributed by atoms with Crippen LogP contribution in [0.25, 0.3) is 10.9 Å². The lowest BCUT2D eigenvalue weighted by atomic mass is 10.2. The van der Waals surface area contributed by atoms with Crippen molar-refractivity contribution in [2.45, 2.75) is 26.7 Å². The van der Waals surface area contributed by atoms with Gasteiger partial charge in [-0.1, -0.05) is 40.4 Å². The van der Waals surface area contributed by atoms with E-state index in [0.29, 0.717) is 56.3 Å². The molecule has 0 saturated carbocycles. The van der Waals surface area contributed by atoms with Crippen molar-refractivity contribution < 1.29 is 9.47 Å². The van der Waals surface area contributed by atoms with Crippen LogP contribution in [-0.4, -0.2) is 29.1 Å². The van der Waals surface area contributed by atoms with E-state index in [4.69, 9.17) is 27.5 Å². The van der Waals surface area contributed by atoms with Crippen LogP contribution in [0.2, 0.25) is 5.02 Å². The smallest absolute Gasteiger partial charge is 0.282 e. The number of nitrogens with zero attached hydrogens (tertiary/aromatic N) is 3. The van der Waals surface area contributed by atoms with Crippen LogP contribution >= 0.6 is 43.5 Å². The average molecular weight is 582 g/mol. The maximum atomic E-state index is 13.2. The maximum Gasteiger partial charge on any atom is 0.282 e. The number of ether oxygens (including phenoxy) is 2. The van der Waals surface area contributed by atoms with Crippen molar-refractivity contribution in [3.05, 3.63) is 60.0 Å². The van der Waals surface area contributed by atoms with Crippen molar-refractivity contribution in [1.82, 2.24) is 9.66 Å². The fraction of sp³-hybridized carbons (Fsp3) is 0.261. The van der Waals surface area contributed by atoms with Gasteiger partial charge in [-0.15, -0.1) is 6.42 Å². The quantitative estimate of drug-likeness (QED) is 0.248. The molecule has 0 radical (unpaired) electrons. The van der Waals surface area contributed by atoms with Gasteiger partial charge in [0.2, 0.25) is 0 Å². The minimum Gasteiger partial charge on any atom is -0.490 e. The van der Waals surface area contributed by atoms with Crippen molar-refractivity contribution in [3.8, 4) is 23.8 Å². The molecular weight excluding hydrogens is 562 g/mol. The predicted molar refractivity (Wildman–Crippen MR) is 135 cm³/mol. The largest absolute Gasteiger partial charge is 0.490 e. The molecule has 1 aromatic heterocycles. The van der Waals surface area contributed by atoms with Crippen molar-refractivity contribution in [1.29, 1.82) is 0 Å². The first-order chi connectivity index (χ1) is 15.4. The Bertz CT molecular complexity index is 1280. The fourth-order valence-corrected chi connectivity index (χ4v) is 4.04. The van der Waals surface area contributed by atoms with E-state index in [1.165, 1.54) is 10.9 Å². The zero-order valence-electron chi connectivity index (χ0n) is 17.5. The van der Waals surface area contributed by atoms with Gasteiger partial charge in [-0.05, 0) is 53.5 Å². The molecule has 32 heavy (non-hydrogen) atoms. The van der Waals surface area contributed by atoms with Gasteiger partial charge < -0.3 is 9.47 Å². The molecule has 166 valence electrons. The molecule has 0 unspecified atom stereocenters. The molecule has 1 heterocycles. The maximum absolute atomic E-state index is 13.2. The highest BCUT2D eigenvalue weighted by Crippen LogP contribution is 2.42. The second-order valence-electron chi connectivity index (χ2n) is 6.65. The van der Waals surface area contributed by atoms with E-state index < -0.39 is 0 Å². The number of hydrogen-bond acceptors (Lipinski definition) is 5. The fourth-order valence-electron chi connectivity index (χ4n) is 3.03. The van der Waals surface area contributed by atoms with E-state index in [0.717, 1.165) is 10.9 Å². The normalized spacial score (nSPS) is 11.1. The second kappa shape index (κ2) is 11.0. The summed E-state index contributed by atoms with van der Waals surface area (Å²) in [5.74, 6) is 3.76. The summed E-state index contributed by atoms with van der Waals surface area (Å²) >= 11 is 13.4. The van der Waals surface area contributed by atoms with Crippen molar-refractivity contribution in [2.24, 2.45) is 5.10 Å². The van der Waals surface area contributed by atoms with E-state index in [-0.39, 0.29) is 12.2 Å². The molecular formula is C23H20Br2ClN3O3. The number of hydrogen-bond donors (Lipinski definition) is 0. The Labute approximate surface area is 207 Å². The molecule has 2 aromatic carbocycles. The molecule has 0 saturated heterocycles. The Morgan fingerprint density at radius 2 is 2.06 bits per heavy atom. The lowest BCUT2D eigenvalue weighted by molar-refractivity contribution is 0.299. The molecule has 0 aliphatic heterocycles. The van der Waals surface area contributed by atoms with Gasteiger partial charge in [-0.2, -0.15) is 9.78 Å². The number of rotatable bonds is 8. The van der Waals surface area contributed by atoms with Crippen LogP contribution in [-0.2, 0) is 6.42 Å². The highest BCUT2D eigenvalue weighted by Gasteiger charge is 2.18. The summed E-state index contributed by atoms with van der Waals surface area (Å²) in [6.45, 7) is 4.33. The molecule has 0 bridgehead atoms. The predicted octanol–water partition coefficient (Wildman–Crippen LogP) is 5.82. The highest BCUT2D eigenvalue weighted by molar-refractivity contribution is 9.10. The molecule has 0 N–H and O–H groups in total. The van der Waals surface area contributed by atoms with Crippen LogP contribution in [0.15, 0.2) is 43.1 Å². The van der Waals surface area contributed by atoms with Crippen molar-refractivity contribution in [2.75, 3.05) is 13.2 Å². The van der Waals surface area contributed by atoms with Gasteiger partial charge in [-0.25, -0.2) is 4.98 Å². The van der Waals surface area contributed by atoms with Crippen LogP contribution in [0.4, 0.5) is 0 Å². The van der Waals surface area contributed by atoms with Crippen LogP contribution in [0.1, 0.15) is 31.7 Å². The van der Waals surface area contributed by atoms with E-state index >= 15 is 0 Å².